The van der Waals surface area contributed by atoms with Crippen LogP contribution in [0.3, 0.4) is 0 Å². The van der Waals surface area contributed by atoms with Gasteiger partial charge in [0, 0.05) is 5.02 Å². The fourth-order valence-electron chi connectivity index (χ4n) is 1.62. The van der Waals surface area contributed by atoms with Gasteiger partial charge in [-0.2, -0.15) is 0 Å². The van der Waals surface area contributed by atoms with Gasteiger partial charge in [0.2, 0.25) is 0 Å². The smallest absolute Gasteiger partial charge is 0.124 e. The molecule has 0 amide bonds. The largest absolute Gasteiger partial charge is 0.341 e. The van der Waals surface area contributed by atoms with Crippen LogP contribution in [-0.4, -0.2) is 9.97 Å². The SMILES string of the molecule is CCCC(N)c1nc2ccc(Cl)cc2[nH]1. The van der Waals surface area contributed by atoms with E-state index in [2.05, 4.69) is 16.9 Å². The molecule has 1 heterocycles. The molecule has 0 aliphatic carbocycles. The summed E-state index contributed by atoms with van der Waals surface area (Å²) in [6.07, 6.45) is 1.99. The summed E-state index contributed by atoms with van der Waals surface area (Å²) in [6.45, 7) is 2.11. The zero-order chi connectivity index (χ0) is 10.8. The number of imidazole rings is 1. The van der Waals surface area contributed by atoms with Gasteiger partial charge in [0.25, 0.3) is 0 Å². The summed E-state index contributed by atoms with van der Waals surface area (Å²) in [5.41, 5.74) is 7.85. The van der Waals surface area contributed by atoms with Crippen molar-refractivity contribution in [3.63, 3.8) is 0 Å². The minimum Gasteiger partial charge on any atom is -0.341 e. The number of nitrogens with zero attached hydrogens (tertiary/aromatic N) is 1. The maximum atomic E-state index is 5.98. The molecule has 0 aliphatic heterocycles. The summed E-state index contributed by atoms with van der Waals surface area (Å²) in [5.74, 6) is 0.842. The van der Waals surface area contributed by atoms with E-state index in [0.29, 0.717) is 5.02 Å². The van der Waals surface area contributed by atoms with E-state index in [1.807, 2.05) is 18.2 Å². The zero-order valence-corrected chi connectivity index (χ0v) is 9.38. The van der Waals surface area contributed by atoms with E-state index in [-0.39, 0.29) is 6.04 Å². The molecule has 2 aromatic rings. The lowest BCUT2D eigenvalue weighted by atomic mass is 10.2. The second-order valence-corrected chi connectivity index (χ2v) is 4.12. The number of benzene rings is 1. The number of hydrogen-bond acceptors (Lipinski definition) is 2. The van der Waals surface area contributed by atoms with E-state index >= 15 is 0 Å². The van der Waals surface area contributed by atoms with E-state index in [0.717, 1.165) is 29.7 Å². The summed E-state index contributed by atoms with van der Waals surface area (Å²) in [4.78, 5) is 7.63. The Bertz CT molecular complexity index is 464. The first-order valence-electron chi connectivity index (χ1n) is 5.11. The molecule has 80 valence electrons. The highest BCUT2D eigenvalue weighted by atomic mass is 35.5. The number of aromatic nitrogens is 2. The molecular formula is C11H14ClN3. The third kappa shape index (κ3) is 2.13. The molecule has 15 heavy (non-hydrogen) atoms. The van der Waals surface area contributed by atoms with Crippen molar-refractivity contribution in [3.05, 3.63) is 29.0 Å². The molecule has 0 fully saturated rings. The highest BCUT2D eigenvalue weighted by molar-refractivity contribution is 6.31. The average molecular weight is 224 g/mol. The van der Waals surface area contributed by atoms with E-state index in [9.17, 15) is 0 Å². The summed E-state index contributed by atoms with van der Waals surface area (Å²) in [7, 11) is 0. The molecule has 1 unspecified atom stereocenters. The molecule has 3 nitrogen and oxygen atoms in total. The summed E-state index contributed by atoms with van der Waals surface area (Å²) in [5, 5.41) is 0.710. The summed E-state index contributed by atoms with van der Waals surface area (Å²) >= 11 is 5.89. The lowest BCUT2D eigenvalue weighted by molar-refractivity contribution is 0.610. The van der Waals surface area contributed by atoms with Crippen LogP contribution in [0.1, 0.15) is 31.6 Å². The third-order valence-electron chi connectivity index (χ3n) is 2.41. The number of nitrogens with one attached hydrogen (secondary N) is 1. The van der Waals surface area contributed by atoms with Gasteiger partial charge in [-0.15, -0.1) is 0 Å². The number of nitrogens with two attached hydrogens (primary N) is 1. The van der Waals surface area contributed by atoms with Gasteiger partial charge in [0.1, 0.15) is 5.82 Å². The first-order chi connectivity index (χ1) is 7.20. The van der Waals surface area contributed by atoms with E-state index in [4.69, 9.17) is 17.3 Å². The van der Waals surface area contributed by atoms with Crippen molar-refractivity contribution in [2.75, 3.05) is 0 Å². The van der Waals surface area contributed by atoms with Gasteiger partial charge in [-0.1, -0.05) is 24.9 Å². The Hall–Kier alpha value is -1.06. The lowest BCUT2D eigenvalue weighted by Gasteiger charge is -2.04. The topological polar surface area (TPSA) is 54.7 Å². The quantitative estimate of drug-likeness (QED) is 0.841. The molecule has 1 aromatic heterocycles. The van der Waals surface area contributed by atoms with Gasteiger partial charge in [-0.3, -0.25) is 0 Å². The average Bonchev–Trinajstić information content (AvgIpc) is 2.60. The molecular weight excluding hydrogens is 210 g/mol. The number of H-pyrrole nitrogens is 1. The summed E-state index contributed by atoms with van der Waals surface area (Å²) in [6, 6.07) is 5.59. The molecule has 1 aromatic carbocycles. The Kier molecular flexibility index (Phi) is 2.93. The molecule has 0 spiro atoms. The Morgan fingerprint density at radius 1 is 1.53 bits per heavy atom. The molecule has 4 heteroatoms. The van der Waals surface area contributed by atoms with Crippen molar-refractivity contribution in [2.45, 2.75) is 25.8 Å². The van der Waals surface area contributed by atoms with Crippen molar-refractivity contribution in [2.24, 2.45) is 5.73 Å². The Balaban J connectivity index is 2.38. The van der Waals surface area contributed by atoms with Crippen LogP contribution in [-0.2, 0) is 0 Å². The van der Waals surface area contributed by atoms with E-state index in [1.54, 1.807) is 0 Å². The normalized spacial score (nSPS) is 13.3. The van der Waals surface area contributed by atoms with Gasteiger partial charge in [0.15, 0.2) is 0 Å². The Labute approximate surface area is 93.6 Å². The Morgan fingerprint density at radius 2 is 2.33 bits per heavy atom. The van der Waals surface area contributed by atoms with Crippen LogP contribution >= 0.6 is 11.6 Å². The van der Waals surface area contributed by atoms with Crippen LogP contribution in [0.15, 0.2) is 18.2 Å². The fraction of sp³-hybridized carbons (Fsp3) is 0.364. The second-order valence-electron chi connectivity index (χ2n) is 3.68. The molecule has 3 N–H and O–H groups in total. The van der Waals surface area contributed by atoms with Crippen molar-refractivity contribution >= 4 is 22.6 Å². The molecule has 0 saturated carbocycles. The van der Waals surface area contributed by atoms with Crippen LogP contribution in [0.4, 0.5) is 0 Å². The summed E-state index contributed by atoms with van der Waals surface area (Å²) < 4.78 is 0. The molecule has 0 radical (unpaired) electrons. The zero-order valence-electron chi connectivity index (χ0n) is 8.63. The van der Waals surface area contributed by atoms with Gasteiger partial charge >= 0.3 is 0 Å². The number of rotatable bonds is 3. The fourth-order valence-corrected chi connectivity index (χ4v) is 1.80. The predicted molar refractivity (Wildman–Crippen MR) is 62.9 cm³/mol. The number of hydrogen-bond donors (Lipinski definition) is 2. The maximum Gasteiger partial charge on any atom is 0.124 e. The van der Waals surface area contributed by atoms with Crippen LogP contribution in [0.25, 0.3) is 11.0 Å². The van der Waals surface area contributed by atoms with Crippen molar-refractivity contribution < 1.29 is 0 Å². The van der Waals surface area contributed by atoms with E-state index < -0.39 is 0 Å². The molecule has 1 atom stereocenters. The number of aromatic amines is 1. The lowest BCUT2D eigenvalue weighted by Crippen LogP contribution is -2.11. The van der Waals surface area contributed by atoms with Gasteiger partial charge in [-0.25, -0.2) is 4.98 Å². The number of fused-ring (bicyclic) bond motifs is 1. The van der Waals surface area contributed by atoms with Crippen molar-refractivity contribution in [1.82, 2.24) is 9.97 Å². The highest BCUT2D eigenvalue weighted by Gasteiger charge is 2.10. The number of halogens is 1. The van der Waals surface area contributed by atoms with Crippen LogP contribution < -0.4 is 5.73 Å². The van der Waals surface area contributed by atoms with Crippen LogP contribution in [0, 0.1) is 0 Å². The predicted octanol–water partition coefficient (Wildman–Crippen LogP) is 3.02. The molecule has 0 aliphatic rings. The minimum absolute atomic E-state index is 0.0128. The standard InChI is InChI=1S/C11H14ClN3/c1-2-3-8(13)11-14-9-5-4-7(12)6-10(9)15-11/h4-6,8H,2-3,13H2,1H3,(H,14,15). The molecule has 0 bridgehead atoms. The van der Waals surface area contributed by atoms with Gasteiger partial charge < -0.3 is 10.7 Å². The first-order valence-corrected chi connectivity index (χ1v) is 5.49. The van der Waals surface area contributed by atoms with Crippen LogP contribution in [0.2, 0.25) is 5.02 Å². The van der Waals surface area contributed by atoms with Crippen molar-refractivity contribution in [3.8, 4) is 0 Å². The van der Waals surface area contributed by atoms with Crippen LogP contribution in [0.5, 0.6) is 0 Å². The minimum atomic E-state index is -0.0128. The Morgan fingerprint density at radius 3 is 3.07 bits per heavy atom. The monoisotopic (exact) mass is 223 g/mol. The van der Waals surface area contributed by atoms with Gasteiger partial charge in [-0.05, 0) is 24.6 Å². The second kappa shape index (κ2) is 4.21. The van der Waals surface area contributed by atoms with Crippen molar-refractivity contribution in [1.29, 1.82) is 0 Å². The van der Waals surface area contributed by atoms with Gasteiger partial charge in [0.05, 0.1) is 17.1 Å². The van der Waals surface area contributed by atoms with E-state index in [1.165, 1.54) is 0 Å². The third-order valence-corrected chi connectivity index (χ3v) is 2.65. The maximum absolute atomic E-state index is 5.98. The molecule has 0 saturated heterocycles. The first kappa shape index (κ1) is 10.5. The molecule has 2 rings (SSSR count). The highest BCUT2D eigenvalue weighted by Crippen LogP contribution is 2.20.